The van der Waals surface area contributed by atoms with Crippen LogP contribution in [0, 0.1) is 0 Å². The first kappa shape index (κ1) is 19.5. The number of nitrogens with zero attached hydrogens (tertiary/aromatic N) is 1. The Morgan fingerprint density at radius 2 is 1.43 bits per heavy atom. The monoisotopic (exact) mass is 330 g/mol. The van der Waals surface area contributed by atoms with E-state index in [4.69, 9.17) is 5.11 Å². The van der Waals surface area contributed by atoms with Crippen LogP contribution >= 0.6 is 0 Å². The van der Waals surface area contributed by atoms with Gasteiger partial charge in [-0.25, -0.2) is 0 Å². The molecule has 6 atom stereocenters. The highest BCUT2D eigenvalue weighted by molar-refractivity contribution is 5.65. The van der Waals surface area contributed by atoms with Crippen LogP contribution in [-0.2, 0) is 0 Å². The molecule has 0 spiro atoms. The molecule has 130 valence electrons. The summed E-state index contributed by atoms with van der Waals surface area (Å²) in [6.07, 6.45) is -10.1. The fourth-order valence-electron chi connectivity index (χ4n) is 1.73. The van der Waals surface area contributed by atoms with Crippen molar-refractivity contribution in [1.29, 1.82) is 0 Å². The molecule has 0 bridgehead atoms. The lowest BCUT2D eigenvalue weighted by atomic mass is 9.97. The maximum absolute atomic E-state index is 9.72. The van der Waals surface area contributed by atoms with Crippen molar-refractivity contribution >= 4 is 11.9 Å². The van der Waals surface area contributed by atoms with Crippen molar-refractivity contribution in [2.45, 2.75) is 36.6 Å². The normalized spacial score (nSPS) is 19.8. The van der Waals surface area contributed by atoms with Crippen LogP contribution in [0.5, 0.6) is 0 Å². The summed E-state index contributed by atoms with van der Waals surface area (Å²) in [5, 5.41) is 69.7. The lowest BCUT2D eigenvalue weighted by Gasteiger charge is -2.29. The minimum atomic E-state index is -1.97. The highest BCUT2D eigenvalue weighted by Gasteiger charge is 2.36. The summed E-state index contributed by atoms with van der Waals surface area (Å²) in [4.78, 5) is 0. The second-order valence-corrected chi connectivity index (χ2v) is 4.96. The summed E-state index contributed by atoms with van der Waals surface area (Å²) in [6.45, 7) is -0.841. The average Bonchev–Trinajstić information content (AvgIpc) is 2.59. The number of aliphatic hydroxyl groups is 7. The number of nitrogens with one attached hydrogen (secondary N) is 1. The van der Waals surface area contributed by atoms with E-state index in [-0.39, 0.29) is 0 Å². The molecular formula is C14H22N2O7. The first-order chi connectivity index (χ1) is 10.9. The van der Waals surface area contributed by atoms with E-state index in [9.17, 15) is 30.6 Å². The molecule has 0 fully saturated rings. The Balaban J connectivity index is 2.55. The van der Waals surface area contributed by atoms with Crippen LogP contribution in [-0.4, -0.2) is 85.2 Å². The highest BCUT2D eigenvalue weighted by Crippen LogP contribution is 2.11. The molecule has 1 aromatic carbocycles. The molecule has 8 N–H and O–H groups in total. The van der Waals surface area contributed by atoms with Gasteiger partial charge in [-0.15, -0.1) is 0 Å². The summed E-state index contributed by atoms with van der Waals surface area (Å²) in [7, 11) is 0. The summed E-state index contributed by atoms with van der Waals surface area (Å²) >= 11 is 0. The van der Waals surface area contributed by atoms with E-state index in [2.05, 4.69) is 10.5 Å². The number of para-hydroxylation sites is 1. The summed E-state index contributed by atoms with van der Waals surface area (Å²) < 4.78 is 0. The van der Waals surface area contributed by atoms with E-state index < -0.39 is 43.2 Å². The van der Waals surface area contributed by atoms with Crippen molar-refractivity contribution in [2.24, 2.45) is 5.10 Å². The molecule has 23 heavy (non-hydrogen) atoms. The quantitative estimate of drug-likeness (QED) is 0.178. The first-order valence-corrected chi connectivity index (χ1v) is 6.92. The molecule has 1 aromatic rings. The standard InChI is InChI=1S/C14H22N2O7/c17-7-10(19)12(21)14(23)13(22)11(20)9(18)6-15-16-8-4-2-1-3-5-8/h1-6,9-14,16-23H,7H2/b15-6-/t9-,10-,11-,12-,13+,14-/m0/s1. The van der Waals surface area contributed by atoms with Gasteiger partial charge in [0.15, 0.2) is 0 Å². The molecule has 0 amide bonds. The van der Waals surface area contributed by atoms with Crippen LogP contribution in [0.4, 0.5) is 5.69 Å². The van der Waals surface area contributed by atoms with Gasteiger partial charge in [0.25, 0.3) is 0 Å². The smallest absolute Gasteiger partial charge is 0.119 e. The molecule has 0 radical (unpaired) electrons. The van der Waals surface area contributed by atoms with Crippen LogP contribution in [0.25, 0.3) is 0 Å². The van der Waals surface area contributed by atoms with Crippen molar-refractivity contribution in [3.05, 3.63) is 30.3 Å². The molecule has 9 heteroatoms. The van der Waals surface area contributed by atoms with Crippen LogP contribution in [0.15, 0.2) is 35.4 Å². The van der Waals surface area contributed by atoms with E-state index in [0.29, 0.717) is 5.69 Å². The Kier molecular flexibility index (Phi) is 8.06. The number of hydrogen-bond acceptors (Lipinski definition) is 9. The van der Waals surface area contributed by atoms with Gasteiger partial charge in [0, 0.05) is 0 Å². The van der Waals surface area contributed by atoms with Crippen molar-refractivity contribution in [3.8, 4) is 0 Å². The van der Waals surface area contributed by atoms with Crippen LogP contribution in [0.2, 0.25) is 0 Å². The Hall–Kier alpha value is -1.59. The molecule has 0 saturated heterocycles. The maximum Gasteiger partial charge on any atom is 0.119 e. The minimum Gasteiger partial charge on any atom is -0.394 e. The molecule has 1 rings (SSSR count). The fraction of sp³-hybridized carbons (Fsp3) is 0.500. The van der Waals surface area contributed by atoms with E-state index in [0.717, 1.165) is 6.21 Å². The van der Waals surface area contributed by atoms with Gasteiger partial charge in [0.05, 0.1) is 18.5 Å². The lowest BCUT2D eigenvalue weighted by molar-refractivity contribution is -0.150. The molecule has 0 aliphatic rings. The van der Waals surface area contributed by atoms with Crippen molar-refractivity contribution in [1.82, 2.24) is 0 Å². The highest BCUT2D eigenvalue weighted by atomic mass is 16.4. The van der Waals surface area contributed by atoms with Crippen molar-refractivity contribution in [3.63, 3.8) is 0 Å². The topological polar surface area (TPSA) is 166 Å². The number of aliphatic hydroxyl groups excluding tert-OH is 7. The Morgan fingerprint density at radius 1 is 0.870 bits per heavy atom. The number of anilines is 1. The molecule has 0 heterocycles. The first-order valence-electron chi connectivity index (χ1n) is 6.92. The third kappa shape index (κ3) is 5.84. The van der Waals surface area contributed by atoms with Crippen LogP contribution < -0.4 is 5.43 Å². The third-order valence-electron chi connectivity index (χ3n) is 3.18. The van der Waals surface area contributed by atoms with Crippen molar-refractivity contribution in [2.75, 3.05) is 12.0 Å². The lowest BCUT2D eigenvalue weighted by Crippen LogP contribution is -2.53. The molecule has 0 aliphatic carbocycles. The maximum atomic E-state index is 9.72. The zero-order valence-electron chi connectivity index (χ0n) is 12.2. The van der Waals surface area contributed by atoms with Gasteiger partial charge in [0.1, 0.15) is 36.6 Å². The second kappa shape index (κ2) is 9.53. The molecule has 0 saturated carbocycles. The fourth-order valence-corrected chi connectivity index (χ4v) is 1.73. The van der Waals surface area contributed by atoms with Gasteiger partial charge in [-0.3, -0.25) is 5.43 Å². The Bertz CT molecular complexity index is 473. The van der Waals surface area contributed by atoms with Gasteiger partial charge < -0.3 is 35.7 Å². The molecule has 9 nitrogen and oxygen atoms in total. The van der Waals surface area contributed by atoms with E-state index in [1.165, 1.54) is 0 Å². The van der Waals surface area contributed by atoms with E-state index in [1.807, 2.05) is 0 Å². The Labute approximate surface area is 132 Å². The predicted molar refractivity (Wildman–Crippen MR) is 81.7 cm³/mol. The Morgan fingerprint density at radius 3 is 2.00 bits per heavy atom. The minimum absolute atomic E-state index is 0.632. The number of hydrogen-bond donors (Lipinski definition) is 8. The second-order valence-electron chi connectivity index (χ2n) is 4.96. The SMILES string of the molecule is OC[C@H](O)[C@H](O)[C@H](O)[C@H](O)[C@@H](O)[C@@H](O)/C=N\Nc1ccccc1. The van der Waals surface area contributed by atoms with Crippen molar-refractivity contribution < 1.29 is 35.7 Å². The van der Waals surface area contributed by atoms with Gasteiger partial charge in [-0.2, -0.15) is 5.10 Å². The number of benzene rings is 1. The zero-order valence-corrected chi connectivity index (χ0v) is 12.2. The molecule has 0 aliphatic heterocycles. The average molecular weight is 330 g/mol. The third-order valence-corrected chi connectivity index (χ3v) is 3.18. The largest absolute Gasteiger partial charge is 0.394 e. The number of rotatable bonds is 9. The predicted octanol–water partition coefficient (Wildman–Crippen LogP) is -2.76. The van der Waals surface area contributed by atoms with E-state index >= 15 is 0 Å². The molecular weight excluding hydrogens is 308 g/mol. The van der Waals surface area contributed by atoms with Crippen LogP contribution in [0.3, 0.4) is 0 Å². The summed E-state index contributed by atoms with van der Waals surface area (Å²) in [5.74, 6) is 0. The van der Waals surface area contributed by atoms with E-state index in [1.54, 1.807) is 30.3 Å². The summed E-state index contributed by atoms with van der Waals surface area (Å²) in [5.41, 5.74) is 3.21. The van der Waals surface area contributed by atoms with Crippen LogP contribution in [0.1, 0.15) is 0 Å². The molecule has 0 aromatic heterocycles. The van der Waals surface area contributed by atoms with Gasteiger partial charge >= 0.3 is 0 Å². The zero-order chi connectivity index (χ0) is 17.4. The summed E-state index contributed by atoms with van der Waals surface area (Å²) in [6, 6.07) is 8.75. The van der Waals surface area contributed by atoms with Gasteiger partial charge in [0.2, 0.25) is 0 Å². The van der Waals surface area contributed by atoms with Gasteiger partial charge in [-0.05, 0) is 12.1 Å². The van der Waals surface area contributed by atoms with Gasteiger partial charge in [-0.1, -0.05) is 18.2 Å². The number of hydrazone groups is 1. The molecule has 0 unspecified atom stereocenters.